The van der Waals surface area contributed by atoms with Crippen molar-refractivity contribution in [2.45, 2.75) is 33.2 Å². The Hall–Kier alpha value is -1.06. The van der Waals surface area contributed by atoms with Gasteiger partial charge in [0.2, 0.25) is 0 Å². The molecule has 2 N–H and O–H groups in total. The number of ether oxygens (including phenoxy) is 1. The van der Waals surface area contributed by atoms with Crippen molar-refractivity contribution in [3.05, 3.63) is 29.3 Å². The van der Waals surface area contributed by atoms with Crippen molar-refractivity contribution in [2.75, 3.05) is 19.8 Å². The maximum atomic E-state index is 8.72. The Balaban J connectivity index is 2.60. The molecule has 0 heterocycles. The summed E-state index contributed by atoms with van der Waals surface area (Å²) in [5, 5.41) is 12.0. The summed E-state index contributed by atoms with van der Waals surface area (Å²) in [6.45, 7) is 6.87. The van der Waals surface area contributed by atoms with Crippen molar-refractivity contribution in [1.29, 1.82) is 0 Å². The van der Waals surface area contributed by atoms with E-state index in [9.17, 15) is 0 Å². The van der Waals surface area contributed by atoms with Gasteiger partial charge >= 0.3 is 0 Å². The van der Waals surface area contributed by atoms with Crippen LogP contribution in [0.1, 0.15) is 30.9 Å². The summed E-state index contributed by atoms with van der Waals surface area (Å²) in [4.78, 5) is 0. The van der Waals surface area contributed by atoms with Gasteiger partial charge in [-0.3, -0.25) is 0 Å². The van der Waals surface area contributed by atoms with Crippen molar-refractivity contribution >= 4 is 0 Å². The maximum absolute atomic E-state index is 8.72. The summed E-state index contributed by atoms with van der Waals surface area (Å²) in [6, 6.07) is 6.22. The number of benzene rings is 1. The Bertz CT molecular complexity index is 326. The summed E-state index contributed by atoms with van der Waals surface area (Å²) in [7, 11) is 0. The average molecular weight is 237 g/mol. The van der Waals surface area contributed by atoms with Crippen molar-refractivity contribution in [3.63, 3.8) is 0 Å². The topological polar surface area (TPSA) is 41.5 Å². The van der Waals surface area contributed by atoms with Crippen molar-refractivity contribution in [1.82, 2.24) is 5.32 Å². The number of aliphatic hydroxyl groups excluding tert-OH is 1. The van der Waals surface area contributed by atoms with E-state index in [1.165, 1.54) is 11.1 Å². The van der Waals surface area contributed by atoms with Crippen LogP contribution in [0.5, 0.6) is 5.75 Å². The predicted octanol–water partition coefficient (Wildman–Crippen LogP) is 2.26. The smallest absolute Gasteiger partial charge is 0.126 e. The molecule has 0 bridgehead atoms. The number of hydrogen-bond donors (Lipinski definition) is 2. The van der Waals surface area contributed by atoms with E-state index < -0.39 is 0 Å². The lowest BCUT2D eigenvalue weighted by molar-refractivity contribution is 0.251. The van der Waals surface area contributed by atoms with Gasteiger partial charge in [-0.25, -0.2) is 0 Å². The van der Waals surface area contributed by atoms with Gasteiger partial charge in [-0.1, -0.05) is 25.1 Å². The molecule has 17 heavy (non-hydrogen) atoms. The first-order chi connectivity index (χ1) is 8.29. The third-order valence-electron chi connectivity index (χ3n) is 2.66. The highest BCUT2D eigenvalue weighted by Crippen LogP contribution is 2.23. The van der Waals surface area contributed by atoms with Crippen LogP contribution in [-0.2, 0) is 6.54 Å². The fraction of sp³-hybridized carbons (Fsp3) is 0.571. The van der Waals surface area contributed by atoms with Gasteiger partial charge in [-0.2, -0.15) is 0 Å². The first-order valence-corrected chi connectivity index (χ1v) is 6.32. The van der Waals surface area contributed by atoms with E-state index in [1.807, 2.05) is 0 Å². The highest BCUT2D eigenvalue weighted by Gasteiger charge is 2.06. The minimum absolute atomic E-state index is 0.237. The number of aryl methyl sites for hydroxylation is 1. The van der Waals surface area contributed by atoms with Crippen LogP contribution in [0.15, 0.2) is 18.2 Å². The van der Waals surface area contributed by atoms with E-state index >= 15 is 0 Å². The molecule has 0 amide bonds. The number of unbranched alkanes of at least 4 members (excludes halogenated alkanes) is 1. The molecular formula is C14H23NO2. The molecule has 0 aromatic heterocycles. The summed E-state index contributed by atoms with van der Waals surface area (Å²) >= 11 is 0. The summed E-state index contributed by atoms with van der Waals surface area (Å²) in [5.74, 6) is 0.992. The van der Waals surface area contributed by atoms with Crippen LogP contribution < -0.4 is 10.1 Å². The molecule has 0 saturated heterocycles. The van der Waals surface area contributed by atoms with E-state index in [1.54, 1.807) is 0 Å². The lowest BCUT2D eigenvalue weighted by atomic mass is 10.1. The molecule has 0 aliphatic rings. The minimum Gasteiger partial charge on any atom is -0.493 e. The predicted molar refractivity (Wildman–Crippen MR) is 70.4 cm³/mol. The number of nitrogens with one attached hydrogen (secondary N) is 1. The Morgan fingerprint density at radius 1 is 1.29 bits per heavy atom. The first kappa shape index (κ1) is 14.0. The summed E-state index contributed by atoms with van der Waals surface area (Å²) < 4.78 is 5.82. The molecule has 1 rings (SSSR count). The zero-order valence-electron chi connectivity index (χ0n) is 10.8. The Morgan fingerprint density at radius 3 is 2.82 bits per heavy atom. The second-order valence-electron chi connectivity index (χ2n) is 4.12. The summed E-state index contributed by atoms with van der Waals surface area (Å²) in [5.41, 5.74) is 2.38. The molecule has 1 aromatic rings. The fourth-order valence-corrected chi connectivity index (χ4v) is 1.71. The molecular weight excluding hydrogens is 214 g/mol. The van der Waals surface area contributed by atoms with E-state index in [-0.39, 0.29) is 6.61 Å². The molecule has 0 aliphatic carbocycles. The Morgan fingerprint density at radius 2 is 2.12 bits per heavy atom. The fourth-order valence-electron chi connectivity index (χ4n) is 1.71. The molecule has 0 radical (unpaired) electrons. The standard InChI is InChI=1S/C14H23NO2/c1-3-15-11-13-8-6-7-12(2)14(13)17-10-5-4-9-16/h6-8,15-16H,3-5,9-11H2,1-2H3. The lowest BCUT2D eigenvalue weighted by Crippen LogP contribution is -2.13. The van der Waals surface area contributed by atoms with Gasteiger partial charge in [0.25, 0.3) is 0 Å². The van der Waals surface area contributed by atoms with Gasteiger partial charge in [0, 0.05) is 18.7 Å². The Labute approximate surface area is 104 Å². The van der Waals surface area contributed by atoms with Gasteiger partial charge in [-0.15, -0.1) is 0 Å². The maximum Gasteiger partial charge on any atom is 0.126 e. The molecule has 0 spiro atoms. The third-order valence-corrected chi connectivity index (χ3v) is 2.66. The van der Waals surface area contributed by atoms with Gasteiger partial charge in [-0.05, 0) is 31.9 Å². The normalized spacial score (nSPS) is 10.5. The monoisotopic (exact) mass is 237 g/mol. The SMILES string of the molecule is CCNCc1cccc(C)c1OCCCCO. The molecule has 3 nitrogen and oxygen atoms in total. The quantitative estimate of drug-likeness (QED) is 0.681. The number of aliphatic hydroxyl groups is 1. The molecule has 96 valence electrons. The van der Waals surface area contributed by atoms with Crippen molar-refractivity contribution in [3.8, 4) is 5.75 Å². The van der Waals surface area contributed by atoms with Crippen LogP contribution in [0.25, 0.3) is 0 Å². The molecule has 0 aliphatic heterocycles. The van der Waals surface area contributed by atoms with Gasteiger partial charge in [0.05, 0.1) is 6.61 Å². The van der Waals surface area contributed by atoms with Crippen LogP contribution in [0, 0.1) is 6.92 Å². The zero-order valence-corrected chi connectivity index (χ0v) is 10.8. The van der Waals surface area contributed by atoms with Crippen LogP contribution >= 0.6 is 0 Å². The van der Waals surface area contributed by atoms with Crippen LogP contribution in [0.3, 0.4) is 0 Å². The van der Waals surface area contributed by atoms with Crippen LogP contribution in [0.2, 0.25) is 0 Å². The lowest BCUT2D eigenvalue weighted by Gasteiger charge is -2.14. The molecule has 3 heteroatoms. The molecule has 1 aromatic carbocycles. The average Bonchev–Trinajstić information content (AvgIpc) is 2.34. The number of rotatable bonds is 8. The van der Waals surface area contributed by atoms with Crippen molar-refractivity contribution < 1.29 is 9.84 Å². The van der Waals surface area contributed by atoms with Gasteiger partial charge in [0.15, 0.2) is 0 Å². The van der Waals surface area contributed by atoms with Crippen molar-refractivity contribution in [2.24, 2.45) is 0 Å². The third kappa shape index (κ3) is 4.75. The number of para-hydroxylation sites is 1. The number of hydrogen-bond acceptors (Lipinski definition) is 3. The second kappa shape index (κ2) is 8.09. The highest BCUT2D eigenvalue weighted by atomic mass is 16.5. The van der Waals surface area contributed by atoms with Crippen LogP contribution in [0.4, 0.5) is 0 Å². The van der Waals surface area contributed by atoms with E-state index in [0.717, 1.165) is 31.7 Å². The van der Waals surface area contributed by atoms with Gasteiger partial charge < -0.3 is 15.2 Å². The molecule has 0 unspecified atom stereocenters. The zero-order chi connectivity index (χ0) is 12.5. The van der Waals surface area contributed by atoms with E-state index in [2.05, 4.69) is 37.4 Å². The summed E-state index contributed by atoms with van der Waals surface area (Å²) in [6.07, 6.45) is 1.69. The molecule has 0 saturated carbocycles. The highest BCUT2D eigenvalue weighted by molar-refractivity contribution is 5.40. The largest absolute Gasteiger partial charge is 0.493 e. The van der Waals surface area contributed by atoms with Gasteiger partial charge in [0.1, 0.15) is 5.75 Å². The first-order valence-electron chi connectivity index (χ1n) is 6.32. The van der Waals surface area contributed by atoms with Crippen LogP contribution in [-0.4, -0.2) is 24.9 Å². The minimum atomic E-state index is 0.237. The molecule has 0 atom stereocenters. The second-order valence-corrected chi connectivity index (χ2v) is 4.12. The molecule has 0 fully saturated rings. The van der Waals surface area contributed by atoms with E-state index in [0.29, 0.717) is 6.61 Å². The van der Waals surface area contributed by atoms with E-state index in [4.69, 9.17) is 9.84 Å². The Kier molecular flexibility index (Phi) is 6.67.